The first kappa shape index (κ1) is 14.6. The average Bonchev–Trinajstić information content (AvgIpc) is 2.78. The number of hydrogen-bond acceptors (Lipinski definition) is 2. The molecule has 1 aromatic carbocycles. The molecule has 1 atom stereocenters. The molecule has 2 aromatic rings. The van der Waals surface area contributed by atoms with Crippen LogP contribution in [0.5, 0.6) is 0 Å². The SMILES string of the molecule is CC(C)Cn1ccnc1NC(C)Cc1ccc(F)cc1. The van der Waals surface area contributed by atoms with E-state index in [0.717, 1.165) is 24.5 Å². The Labute approximate surface area is 119 Å². The normalized spacial score (nSPS) is 12.7. The van der Waals surface area contributed by atoms with Gasteiger partial charge >= 0.3 is 0 Å². The molecule has 0 aliphatic carbocycles. The molecule has 4 heteroatoms. The van der Waals surface area contributed by atoms with Crippen molar-refractivity contribution in [1.29, 1.82) is 0 Å². The van der Waals surface area contributed by atoms with Crippen LogP contribution in [-0.2, 0) is 13.0 Å². The second kappa shape index (κ2) is 6.55. The fourth-order valence-corrected chi connectivity index (χ4v) is 2.24. The largest absolute Gasteiger partial charge is 0.353 e. The summed E-state index contributed by atoms with van der Waals surface area (Å²) in [6.07, 6.45) is 4.65. The van der Waals surface area contributed by atoms with Crippen LogP contribution in [0.3, 0.4) is 0 Å². The van der Waals surface area contributed by atoms with Gasteiger partial charge in [0.1, 0.15) is 5.82 Å². The summed E-state index contributed by atoms with van der Waals surface area (Å²) in [6.45, 7) is 7.43. The highest BCUT2D eigenvalue weighted by atomic mass is 19.1. The van der Waals surface area contributed by atoms with Crippen molar-refractivity contribution in [2.45, 2.75) is 39.8 Å². The van der Waals surface area contributed by atoms with Crippen LogP contribution in [-0.4, -0.2) is 15.6 Å². The topological polar surface area (TPSA) is 29.9 Å². The maximum atomic E-state index is 12.9. The van der Waals surface area contributed by atoms with Crippen LogP contribution in [0, 0.1) is 11.7 Å². The molecule has 1 unspecified atom stereocenters. The van der Waals surface area contributed by atoms with E-state index in [0.29, 0.717) is 5.92 Å². The fourth-order valence-electron chi connectivity index (χ4n) is 2.24. The summed E-state index contributed by atoms with van der Waals surface area (Å²) in [4.78, 5) is 4.36. The van der Waals surface area contributed by atoms with Crippen molar-refractivity contribution in [3.8, 4) is 0 Å². The van der Waals surface area contributed by atoms with Gasteiger partial charge in [-0.05, 0) is 37.0 Å². The molecule has 0 aliphatic heterocycles. The van der Waals surface area contributed by atoms with E-state index >= 15 is 0 Å². The lowest BCUT2D eigenvalue weighted by molar-refractivity contribution is 0.524. The van der Waals surface area contributed by atoms with E-state index in [1.807, 2.05) is 24.5 Å². The Hall–Kier alpha value is -1.84. The number of halogens is 1. The summed E-state index contributed by atoms with van der Waals surface area (Å²) in [5.41, 5.74) is 1.12. The number of hydrogen-bond donors (Lipinski definition) is 1. The smallest absolute Gasteiger partial charge is 0.202 e. The Morgan fingerprint density at radius 2 is 1.90 bits per heavy atom. The van der Waals surface area contributed by atoms with E-state index in [1.165, 1.54) is 12.1 Å². The molecule has 2 rings (SSSR count). The van der Waals surface area contributed by atoms with Crippen LogP contribution in [0.2, 0.25) is 0 Å². The van der Waals surface area contributed by atoms with Gasteiger partial charge in [-0.15, -0.1) is 0 Å². The van der Waals surface area contributed by atoms with E-state index in [4.69, 9.17) is 0 Å². The second-order valence-electron chi connectivity index (χ2n) is 5.67. The summed E-state index contributed by atoms with van der Waals surface area (Å²) >= 11 is 0. The van der Waals surface area contributed by atoms with Gasteiger partial charge in [-0.1, -0.05) is 26.0 Å². The van der Waals surface area contributed by atoms with Crippen LogP contribution < -0.4 is 5.32 Å². The fraction of sp³-hybridized carbons (Fsp3) is 0.438. The predicted molar refractivity (Wildman–Crippen MR) is 80.3 cm³/mol. The van der Waals surface area contributed by atoms with E-state index < -0.39 is 0 Å². The third-order valence-corrected chi connectivity index (χ3v) is 3.11. The molecular weight excluding hydrogens is 253 g/mol. The van der Waals surface area contributed by atoms with E-state index in [-0.39, 0.29) is 11.9 Å². The predicted octanol–water partition coefficient (Wildman–Crippen LogP) is 3.72. The minimum absolute atomic E-state index is 0.193. The zero-order chi connectivity index (χ0) is 14.5. The maximum absolute atomic E-state index is 12.9. The van der Waals surface area contributed by atoms with Gasteiger partial charge in [-0.25, -0.2) is 9.37 Å². The molecule has 1 N–H and O–H groups in total. The van der Waals surface area contributed by atoms with Gasteiger partial charge in [-0.2, -0.15) is 0 Å². The summed E-state index contributed by atoms with van der Waals surface area (Å²) in [5.74, 6) is 1.28. The molecule has 0 radical (unpaired) electrons. The molecule has 0 saturated heterocycles. The molecule has 0 fully saturated rings. The second-order valence-corrected chi connectivity index (χ2v) is 5.67. The van der Waals surface area contributed by atoms with E-state index in [1.54, 1.807) is 0 Å². The van der Waals surface area contributed by atoms with Crippen molar-refractivity contribution in [1.82, 2.24) is 9.55 Å². The number of nitrogens with one attached hydrogen (secondary N) is 1. The molecule has 0 saturated carbocycles. The molecule has 0 amide bonds. The average molecular weight is 275 g/mol. The van der Waals surface area contributed by atoms with Crippen molar-refractivity contribution in [2.75, 3.05) is 5.32 Å². The Kier molecular flexibility index (Phi) is 4.77. The van der Waals surface area contributed by atoms with Crippen LogP contribution in [0.15, 0.2) is 36.7 Å². The highest BCUT2D eigenvalue weighted by Gasteiger charge is 2.09. The maximum Gasteiger partial charge on any atom is 0.202 e. The molecule has 1 heterocycles. The first-order valence-corrected chi connectivity index (χ1v) is 7.06. The minimum Gasteiger partial charge on any atom is -0.353 e. The zero-order valence-electron chi connectivity index (χ0n) is 12.3. The van der Waals surface area contributed by atoms with Gasteiger partial charge in [0.25, 0.3) is 0 Å². The summed E-state index contributed by atoms with van der Waals surface area (Å²) in [5, 5.41) is 3.42. The summed E-state index contributed by atoms with van der Waals surface area (Å²) < 4.78 is 15.0. The van der Waals surface area contributed by atoms with Gasteiger partial charge in [-0.3, -0.25) is 0 Å². The van der Waals surface area contributed by atoms with Gasteiger partial charge in [0.15, 0.2) is 0 Å². The van der Waals surface area contributed by atoms with E-state index in [9.17, 15) is 4.39 Å². The lowest BCUT2D eigenvalue weighted by Crippen LogP contribution is -2.21. The highest BCUT2D eigenvalue weighted by molar-refractivity contribution is 5.29. The Bertz CT molecular complexity index is 531. The molecule has 3 nitrogen and oxygen atoms in total. The summed E-state index contributed by atoms with van der Waals surface area (Å²) in [7, 11) is 0. The summed E-state index contributed by atoms with van der Waals surface area (Å²) in [6, 6.07) is 6.90. The number of aromatic nitrogens is 2. The molecule has 0 bridgehead atoms. The number of rotatable bonds is 6. The van der Waals surface area contributed by atoms with Crippen molar-refractivity contribution < 1.29 is 4.39 Å². The van der Waals surface area contributed by atoms with E-state index in [2.05, 4.69) is 35.6 Å². The lowest BCUT2D eigenvalue weighted by atomic mass is 10.1. The lowest BCUT2D eigenvalue weighted by Gasteiger charge is -2.17. The van der Waals surface area contributed by atoms with Crippen LogP contribution >= 0.6 is 0 Å². The quantitative estimate of drug-likeness (QED) is 0.870. The standard InChI is InChI=1S/C16H22FN3/c1-12(2)11-20-9-8-18-16(20)19-13(3)10-14-4-6-15(17)7-5-14/h4-9,12-13H,10-11H2,1-3H3,(H,18,19). The van der Waals surface area contributed by atoms with Crippen molar-refractivity contribution in [3.63, 3.8) is 0 Å². The molecule has 0 aliphatic rings. The molecule has 20 heavy (non-hydrogen) atoms. The van der Waals surface area contributed by atoms with Crippen LogP contribution in [0.25, 0.3) is 0 Å². The Morgan fingerprint density at radius 3 is 2.55 bits per heavy atom. The van der Waals surface area contributed by atoms with Crippen molar-refractivity contribution in [2.24, 2.45) is 5.92 Å². The first-order valence-electron chi connectivity index (χ1n) is 7.06. The van der Waals surface area contributed by atoms with Gasteiger partial charge < -0.3 is 9.88 Å². The molecule has 0 spiro atoms. The number of imidazole rings is 1. The van der Waals surface area contributed by atoms with Gasteiger partial charge in [0, 0.05) is 25.0 Å². The Balaban J connectivity index is 1.96. The van der Waals surface area contributed by atoms with Crippen LogP contribution in [0.4, 0.5) is 10.3 Å². The van der Waals surface area contributed by atoms with Crippen molar-refractivity contribution in [3.05, 3.63) is 48.0 Å². The number of anilines is 1. The molecular formula is C16H22FN3. The zero-order valence-corrected chi connectivity index (χ0v) is 12.3. The molecule has 1 aromatic heterocycles. The number of benzene rings is 1. The molecule has 108 valence electrons. The minimum atomic E-state index is -0.193. The first-order chi connectivity index (χ1) is 9.54. The third-order valence-electron chi connectivity index (χ3n) is 3.11. The van der Waals surface area contributed by atoms with Crippen molar-refractivity contribution >= 4 is 5.95 Å². The highest BCUT2D eigenvalue weighted by Crippen LogP contribution is 2.12. The Morgan fingerprint density at radius 1 is 1.20 bits per heavy atom. The van der Waals surface area contributed by atoms with Gasteiger partial charge in [0.2, 0.25) is 5.95 Å². The third kappa shape index (κ3) is 4.08. The van der Waals surface area contributed by atoms with Crippen LogP contribution in [0.1, 0.15) is 26.3 Å². The monoisotopic (exact) mass is 275 g/mol. The number of nitrogens with zero attached hydrogens (tertiary/aromatic N) is 2. The van der Waals surface area contributed by atoms with Gasteiger partial charge in [0.05, 0.1) is 0 Å².